The van der Waals surface area contributed by atoms with Crippen LogP contribution in [0.5, 0.6) is 0 Å². The predicted molar refractivity (Wildman–Crippen MR) is 62.2 cm³/mol. The summed E-state index contributed by atoms with van der Waals surface area (Å²) in [6.45, 7) is 0. The van der Waals surface area contributed by atoms with Crippen molar-refractivity contribution >= 4 is 64.9 Å². The average Bonchev–Trinajstić information content (AvgIpc) is 2.29. The molecule has 0 saturated carbocycles. The maximum atomic E-state index is 5.89. The lowest BCUT2D eigenvalue weighted by Gasteiger charge is -1.94. The Balaban J connectivity index is 2.88. The highest BCUT2D eigenvalue weighted by atomic mass is 79.9. The number of fused-ring (bicyclic) bond motifs is 1. The zero-order valence-electron chi connectivity index (χ0n) is 5.77. The standard InChI is InChI=1S/C8H3Br2ClS/c9-6-1-4(11)2-7-5(6)3-8(10)12-7/h1-3H. The molecule has 2 rings (SSSR count). The van der Waals surface area contributed by atoms with E-state index in [2.05, 4.69) is 37.9 Å². The van der Waals surface area contributed by atoms with Crippen LogP contribution in [-0.2, 0) is 0 Å². The van der Waals surface area contributed by atoms with E-state index < -0.39 is 0 Å². The highest BCUT2D eigenvalue weighted by Gasteiger charge is 2.04. The smallest absolute Gasteiger partial charge is 0.0711 e. The minimum Gasteiger partial charge on any atom is -0.128 e. The first kappa shape index (κ1) is 9.00. The van der Waals surface area contributed by atoms with Crippen molar-refractivity contribution < 1.29 is 0 Å². The van der Waals surface area contributed by atoms with Crippen LogP contribution in [0.2, 0.25) is 5.02 Å². The van der Waals surface area contributed by atoms with Crippen LogP contribution < -0.4 is 0 Å². The Morgan fingerprint density at radius 2 is 1.92 bits per heavy atom. The van der Waals surface area contributed by atoms with Gasteiger partial charge in [0.1, 0.15) is 0 Å². The molecule has 0 aliphatic heterocycles. The van der Waals surface area contributed by atoms with Gasteiger partial charge in [0.25, 0.3) is 0 Å². The second-order valence-corrected chi connectivity index (χ2v) is 6.10. The van der Waals surface area contributed by atoms with Crippen molar-refractivity contribution in [1.29, 1.82) is 0 Å². The van der Waals surface area contributed by atoms with E-state index in [9.17, 15) is 0 Å². The quantitative estimate of drug-likeness (QED) is 0.633. The average molecular weight is 326 g/mol. The van der Waals surface area contributed by atoms with Crippen molar-refractivity contribution in [1.82, 2.24) is 0 Å². The molecule has 0 aliphatic rings. The fourth-order valence-corrected chi connectivity index (χ4v) is 3.76. The first-order chi connectivity index (χ1) is 5.66. The molecule has 1 aromatic heterocycles. The third-order valence-corrected chi connectivity index (χ3v) is 3.98. The van der Waals surface area contributed by atoms with Gasteiger partial charge < -0.3 is 0 Å². The number of rotatable bonds is 0. The summed E-state index contributed by atoms with van der Waals surface area (Å²) in [4.78, 5) is 0. The molecule has 0 aliphatic carbocycles. The van der Waals surface area contributed by atoms with Gasteiger partial charge in [-0.15, -0.1) is 11.3 Å². The Labute approximate surface area is 95.8 Å². The zero-order chi connectivity index (χ0) is 8.72. The van der Waals surface area contributed by atoms with E-state index >= 15 is 0 Å². The lowest BCUT2D eigenvalue weighted by atomic mass is 10.3. The molecule has 12 heavy (non-hydrogen) atoms. The van der Waals surface area contributed by atoms with E-state index in [0.717, 1.165) is 13.3 Å². The van der Waals surface area contributed by atoms with Gasteiger partial charge in [-0.25, -0.2) is 0 Å². The van der Waals surface area contributed by atoms with Crippen molar-refractivity contribution in [2.45, 2.75) is 0 Å². The number of hydrogen-bond acceptors (Lipinski definition) is 1. The van der Waals surface area contributed by atoms with Crippen LogP contribution in [0, 0.1) is 0 Å². The van der Waals surface area contributed by atoms with Gasteiger partial charge in [0, 0.05) is 19.6 Å². The summed E-state index contributed by atoms with van der Waals surface area (Å²) in [6, 6.07) is 5.96. The van der Waals surface area contributed by atoms with Gasteiger partial charge in [-0.3, -0.25) is 0 Å². The van der Waals surface area contributed by atoms with Crippen molar-refractivity contribution in [3.05, 3.63) is 31.5 Å². The van der Waals surface area contributed by atoms with Crippen LogP contribution in [-0.4, -0.2) is 0 Å². The highest BCUT2D eigenvalue weighted by Crippen LogP contribution is 2.36. The van der Waals surface area contributed by atoms with Crippen LogP contribution >= 0.6 is 54.8 Å². The maximum Gasteiger partial charge on any atom is 0.0711 e. The third-order valence-electron chi connectivity index (χ3n) is 1.52. The number of hydrogen-bond donors (Lipinski definition) is 0. The molecule has 1 aromatic carbocycles. The third kappa shape index (κ3) is 1.55. The maximum absolute atomic E-state index is 5.89. The first-order valence-corrected chi connectivity index (χ1v) is 5.99. The Morgan fingerprint density at radius 3 is 2.67 bits per heavy atom. The van der Waals surface area contributed by atoms with Crippen LogP contribution in [0.1, 0.15) is 0 Å². The van der Waals surface area contributed by atoms with Gasteiger partial charge in [0.05, 0.1) is 3.79 Å². The second-order valence-electron chi connectivity index (χ2n) is 2.35. The Morgan fingerprint density at radius 1 is 1.17 bits per heavy atom. The molecule has 62 valence electrons. The summed E-state index contributed by atoms with van der Waals surface area (Å²) in [5.74, 6) is 0. The van der Waals surface area contributed by atoms with Crippen LogP contribution in [0.15, 0.2) is 26.5 Å². The molecule has 0 saturated heterocycles. The lowest BCUT2D eigenvalue weighted by Crippen LogP contribution is -1.67. The molecular formula is C8H3Br2ClS. The van der Waals surface area contributed by atoms with Gasteiger partial charge >= 0.3 is 0 Å². The topological polar surface area (TPSA) is 0 Å². The number of thiophene rings is 1. The van der Waals surface area contributed by atoms with E-state index in [1.807, 2.05) is 12.1 Å². The summed E-state index contributed by atoms with van der Waals surface area (Å²) in [5.41, 5.74) is 0. The molecule has 1 heterocycles. The zero-order valence-corrected chi connectivity index (χ0v) is 10.5. The molecule has 0 radical (unpaired) electrons. The summed E-state index contributed by atoms with van der Waals surface area (Å²) in [7, 11) is 0. The molecule has 0 spiro atoms. The van der Waals surface area contributed by atoms with Crippen LogP contribution in [0.4, 0.5) is 0 Å². The lowest BCUT2D eigenvalue weighted by molar-refractivity contribution is 1.78. The monoisotopic (exact) mass is 324 g/mol. The van der Waals surface area contributed by atoms with Crippen molar-refractivity contribution in [3.8, 4) is 0 Å². The van der Waals surface area contributed by atoms with E-state index in [1.165, 1.54) is 10.1 Å². The minimum atomic E-state index is 0.767. The molecule has 0 bridgehead atoms. The SMILES string of the molecule is Clc1cc(Br)c2cc(Br)sc2c1. The molecule has 0 fully saturated rings. The molecule has 2 aromatic rings. The Hall–Kier alpha value is 0.430. The predicted octanol–water partition coefficient (Wildman–Crippen LogP) is 5.08. The summed E-state index contributed by atoms with van der Waals surface area (Å²) < 4.78 is 3.37. The molecule has 4 heteroatoms. The molecular weight excluding hydrogens is 323 g/mol. The van der Waals surface area contributed by atoms with Crippen LogP contribution in [0.25, 0.3) is 10.1 Å². The van der Waals surface area contributed by atoms with Gasteiger partial charge in [0.2, 0.25) is 0 Å². The van der Waals surface area contributed by atoms with E-state index in [1.54, 1.807) is 11.3 Å². The van der Waals surface area contributed by atoms with Gasteiger partial charge in [-0.1, -0.05) is 27.5 Å². The second kappa shape index (κ2) is 3.29. The summed E-state index contributed by atoms with van der Waals surface area (Å²) in [6.07, 6.45) is 0. The normalized spacial score (nSPS) is 10.9. The molecule has 0 nitrogen and oxygen atoms in total. The van der Waals surface area contributed by atoms with Gasteiger partial charge in [-0.2, -0.15) is 0 Å². The molecule has 0 N–H and O–H groups in total. The first-order valence-electron chi connectivity index (χ1n) is 3.21. The minimum absolute atomic E-state index is 0.767. The van der Waals surface area contributed by atoms with Crippen molar-refractivity contribution in [2.75, 3.05) is 0 Å². The highest BCUT2D eigenvalue weighted by molar-refractivity contribution is 9.11. The van der Waals surface area contributed by atoms with Crippen molar-refractivity contribution in [2.24, 2.45) is 0 Å². The van der Waals surface area contributed by atoms with Gasteiger partial charge in [-0.05, 0) is 34.1 Å². The summed E-state index contributed by atoms with van der Waals surface area (Å²) in [5, 5.41) is 1.97. The molecule has 0 unspecified atom stereocenters. The molecule has 0 atom stereocenters. The van der Waals surface area contributed by atoms with Crippen LogP contribution in [0.3, 0.4) is 0 Å². The number of benzene rings is 1. The Bertz CT molecular complexity index is 436. The summed E-state index contributed by atoms with van der Waals surface area (Å²) >= 11 is 14.5. The number of halogens is 3. The fourth-order valence-electron chi connectivity index (χ4n) is 1.03. The largest absolute Gasteiger partial charge is 0.128 e. The molecule has 0 amide bonds. The van der Waals surface area contributed by atoms with Crippen molar-refractivity contribution in [3.63, 3.8) is 0 Å². The van der Waals surface area contributed by atoms with Gasteiger partial charge in [0.15, 0.2) is 0 Å². The van der Waals surface area contributed by atoms with E-state index in [0.29, 0.717) is 0 Å². The van der Waals surface area contributed by atoms with E-state index in [4.69, 9.17) is 11.6 Å². The fraction of sp³-hybridized carbons (Fsp3) is 0. The van der Waals surface area contributed by atoms with E-state index in [-0.39, 0.29) is 0 Å². The Kier molecular flexibility index (Phi) is 2.47.